The van der Waals surface area contributed by atoms with Crippen molar-refractivity contribution < 1.29 is 49.5 Å². The quantitative estimate of drug-likeness (QED) is 0.535. The molecule has 20 heavy (non-hydrogen) atoms. The normalized spacial score (nSPS) is 15.8. The van der Waals surface area contributed by atoms with E-state index in [0.717, 1.165) is 4.47 Å². The fourth-order valence-electron chi connectivity index (χ4n) is 2.43. The number of allylic oxidation sites excluding steroid dienone is 1. The van der Waals surface area contributed by atoms with Crippen molar-refractivity contribution in [3.05, 3.63) is 63.6 Å². The summed E-state index contributed by atoms with van der Waals surface area (Å²) in [6.07, 6.45) is 2.35. The predicted molar refractivity (Wildman–Crippen MR) is 76.0 cm³/mol. The van der Waals surface area contributed by atoms with Crippen molar-refractivity contribution in [3.63, 3.8) is 0 Å². The van der Waals surface area contributed by atoms with E-state index in [-0.39, 0.29) is 24.8 Å². The van der Waals surface area contributed by atoms with Crippen molar-refractivity contribution in [1.82, 2.24) is 0 Å². The fraction of sp³-hybridized carbons (Fsp3) is 0.125. The molecule has 1 aliphatic rings. The Kier molecular flexibility index (Phi) is 6.73. The zero-order valence-electron chi connectivity index (χ0n) is 10.8. The van der Waals surface area contributed by atoms with Gasteiger partial charge in [-0.2, -0.15) is 0 Å². The largest absolute Gasteiger partial charge is 1.00 e. The third-order valence-electron chi connectivity index (χ3n) is 3.43. The summed E-state index contributed by atoms with van der Waals surface area (Å²) < 4.78 is 1.77. The molecular weight excluding hydrogens is 434 g/mol. The maximum absolute atomic E-state index is 3.49. The molecule has 0 fully saturated rings. The monoisotopic (exact) mass is 443 g/mol. The molecule has 1 unspecified atom stereocenters. The van der Waals surface area contributed by atoms with Crippen LogP contribution in [0.3, 0.4) is 0 Å². The SMILES string of the molecule is CC1=Cc2c(-c3ccc(Br)cc3)cccc2[CH]1[Zr+2].[Cl-].[Cl-]. The standard InChI is InChI=1S/C16H12Br.2ClH.Zr/c1-11-9-13-3-2-4-15(16(13)10-11)12-5-7-14(17)8-6-12;;;/h2-10H,1H3;2*1H;/q;;;+2/p-2. The molecule has 0 nitrogen and oxygen atoms in total. The van der Waals surface area contributed by atoms with Gasteiger partial charge in [0.2, 0.25) is 0 Å². The van der Waals surface area contributed by atoms with Gasteiger partial charge in [0.25, 0.3) is 0 Å². The van der Waals surface area contributed by atoms with Crippen LogP contribution < -0.4 is 24.8 Å². The van der Waals surface area contributed by atoms with E-state index >= 15 is 0 Å². The molecule has 101 valence electrons. The predicted octanol–water partition coefficient (Wildman–Crippen LogP) is -0.871. The average Bonchev–Trinajstić information content (AvgIpc) is 2.67. The number of hydrogen-bond acceptors (Lipinski definition) is 0. The van der Waals surface area contributed by atoms with Gasteiger partial charge < -0.3 is 24.8 Å². The Labute approximate surface area is 155 Å². The third-order valence-corrected chi connectivity index (χ3v) is 5.85. The van der Waals surface area contributed by atoms with E-state index in [2.05, 4.69) is 71.4 Å². The summed E-state index contributed by atoms with van der Waals surface area (Å²) in [6.45, 7) is 2.24. The summed E-state index contributed by atoms with van der Waals surface area (Å²) in [6, 6.07) is 15.2. The van der Waals surface area contributed by atoms with Gasteiger partial charge in [0.05, 0.1) is 0 Å². The van der Waals surface area contributed by atoms with Crippen molar-refractivity contribution >= 4 is 22.0 Å². The number of rotatable bonds is 1. The number of benzene rings is 2. The Bertz CT molecular complexity index is 635. The van der Waals surface area contributed by atoms with Crippen molar-refractivity contribution in [2.75, 3.05) is 0 Å². The Hall–Kier alpha value is 0.123. The molecule has 1 aliphatic carbocycles. The summed E-state index contributed by atoms with van der Waals surface area (Å²) in [5.74, 6) is 0. The molecule has 0 saturated heterocycles. The average molecular weight is 446 g/mol. The Morgan fingerprint density at radius 3 is 2.30 bits per heavy atom. The van der Waals surface area contributed by atoms with Crippen LogP contribution in [0.4, 0.5) is 0 Å². The summed E-state index contributed by atoms with van der Waals surface area (Å²) in [5, 5.41) is 0. The van der Waals surface area contributed by atoms with Crippen molar-refractivity contribution in [2.24, 2.45) is 0 Å². The van der Waals surface area contributed by atoms with Gasteiger partial charge in [-0.1, -0.05) is 0 Å². The molecule has 0 radical (unpaired) electrons. The third kappa shape index (κ3) is 3.30. The Morgan fingerprint density at radius 1 is 1.00 bits per heavy atom. The molecule has 0 aliphatic heterocycles. The molecule has 3 rings (SSSR count). The Balaban J connectivity index is 0.000001000. The molecule has 2 aromatic rings. The first-order valence-corrected chi connectivity index (χ1v) is 8.16. The van der Waals surface area contributed by atoms with Crippen LogP contribution in [0.15, 0.2) is 52.5 Å². The minimum absolute atomic E-state index is 0. The van der Waals surface area contributed by atoms with Crippen LogP contribution in [-0.2, 0) is 24.7 Å². The van der Waals surface area contributed by atoms with Crippen LogP contribution in [-0.4, -0.2) is 0 Å². The Morgan fingerprint density at radius 2 is 1.65 bits per heavy atom. The van der Waals surface area contributed by atoms with E-state index in [1.165, 1.54) is 27.8 Å². The van der Waals surface area contributed by atoms with E-state index in [9.17, 15) is 0 Å². The second-order valence-electron chi connectivity index (χ2n) is 4.64. The van der Waals surface area contributed by atoms with Crippen molar-refractivity contribution in [3.8, 4) is 11.1 Å². The number of hydrogen-bond donors (Lipinski definition) is 0. The number of fused-ring (bicyclic) bond motifs is 1. The van der Waals surface area contributed by atoms with Crippen LogP contribution in [0.5, 0.6) is 0 Å². The molecule has 0 bridgehead atoms. The van der Waals surface area contributed by atoms with Crippen LogP contribution in [0.2, 0.25) is 0 Å². The van der Waals surface area contributed by atoms with Crippen molar-refractivity contribution in [2.45, 2.75) is 10.5 Å². The van der Waals surface area contributed by atoms with Crippen molar-refractivity contribution in [1.29, 1.82) is 0 Å². The number of halogens is 3. The van der Waals surface area contributed by atoms with Gasteiger partial charge in [-0.05, 0) is 0 Å². The molecule has 4 heteroatoms. The molecule has 0 spiro atoms. The maximum Gasteiger partial charge on any atom is -1.00 e. The molecular formula is C16H12BrCl2Zr. The van der Waals surface area contributed by atoms with E-state index in [1.807, 2.05) is 0 Å². The zero-order chi connectivity index (χ0) is 12.7. The van der Waals surface area contributed by atoms with E-state index in [0.29, 0.717) is 3.63 Å². The topological polar surface area (TPSA) is 0 Å². The van der Waals surface area contributed by atoms with Gasteiger partial charge >= 0.3 is 132 Å². The summed E-state index contributed by atoms with van der Waals surface area (Å²) in [7, 11) is 0. The minimum Gasteiger partial charge on any atom is -1.00 e. The first-order chi connectivity index (χ1) is 8.66. The van der Waals surface area contributed by atoms with Gasteiger partial charge in [-0.25, -0.2) is 0 Å². The minimum atomic E-state index is 0. The maximum atomic E-state index is 3.49. The smallest absolute Gasteiger partial charge is 1.00 e. The first kappa shape index (κ1) is 18.2. The summed E-state index contributed by atoms with van der Waals surface area (Å²) in [4.78, 5) is 0. The van der Waals surface area contributed by atoms with Gasteiger partial charge in [0, 0.05) is 0 Å². The van der Waals surface area contributed by atoms with Gasteiger partial charge in [0.1, 0.15) is 0 Å². The van der Waals surface area contributed by atoms with Crippen LogP contribution in [0.25, 0.3) is 17.2 Å². The van der Waals surface area contributed by atoms with E-state index in [1.54, 1.807) is 24.7 Å². The molecule has 0 amide bonds. The molecule has 0 saturated carbocycles. The van der Waals surface area contributed by atoms with Gasteiger partial charge in [-0.15, -0.1) is 0 Å². The van der Waals surface area contributed by atoms with E-state index in [4.69, 9.17) is 0 Å². The van der Waals surface area contributed by atoms with Crippen LogP contribution in [0.1, 0.15) is 21.7 Å². The summed E-state index contributed by atoms with van der Waals surface area (Å²) >= 11 is 5.07. The molecule has 1 atom stereocenters. The van der Waals surface area contributed by atoms with Gasteiger partial charge in [-0.3, -0.25) is 0 Å². The zero-order valence-corrected chi connectivity index (χ0v) is 16.4. The second-order valence-corrected chi connectivity index (χ2v) is 6.97. The van der Waals surface area contributed by atoms with Crippen LogP contribution in [0, 0.1) is 0 Å². The first-order valence-electron chi connectivity index (χ1n) is 5.95. The summed E-state index contributed by atoms with van der Waals surface area (Å²) in [5.41, 5.74) is 7.05. The van der Waals surface area contributed by atoms with Gasteiger partial charge in [0.15, 0.2) is 0 Å². The molecule has 0 N–H and O–H groups in total. The molecule has 0 aromatic heterocycles. The van der Waals surface area contributed by atoms with Crippen LogP contribution >= 0.6 is 15.9 Å². The molecule has 2 aromatic carbocycles. The fourth-order valence-corrected chi connectivity index (χ4v) is 3.52. The molecule has 0 heterocycles. The van der Waals surface area contributed by atoms with E-state index < -0.39 is 0 Å². The second kappa shape index (κ2) is 7.41.